The van der Waals surface area contributed by atoms with E-state index in [0.717, 1.165) is 11.3 Å². The summed E-state index contributed by atoms with van der Waals surface area (Å²) < 4.78 is 6.56. The van der Waals surface area contributed by atoms with Gasteiger partial charge in [0.2, 0.25) is 0 Å². The Bertz CT molecular complexity index is 476. The number of imidazole rings is 1. The van der Waals surface area contributed by atoms with Crippen molar-refractivity contribution in [1.82, 2.24) is 9.38 Å². The van der Waals surface area contributed by atoms with Crippen molar-refractivity contribution in [2.75, 3.05) is 7.11 Å². The highest BCUT2D eigenvalue weighted by Crippen LogP contribution is 2.08. The first-order chi connectivity index (χ1) is 7.31. The smallest absolute Gasteiger partial charge is 0.305 e. The summed E-state index contributed by atoms with van der Waals surface area (Å²) in [5.74, 6) is 0.679. The molecular weight excluding hydrogens is 192 g/mol. The molecule has 0 bridgehead atoms. The van der Waals surface area contributed by atoms with E-state index in [0.29, 0.717) is 12.8 Å². The van der Waals surface area contributed by atoms with Crippen LogP contribution in [-0.4, -0.2) is 22.5 Å². The number of aromatic nitrogens is 2. The molecule has 2 heterocycles. The number of esters is 1. The summed E-state index contributed by atoms with van der Waals surface area (Å²) in [6, 6.07) is 5.88. The Balaban J connectivity index is 2.18. The van der Waals surface area contributed by atoms with E-state index in [-0.39, 0.29) is 5.97 Å². The molecule has 2 aromatic heterocycles. The zero-order valence-corrected chi connectivity index (χ0v) is 8.51. The molecule has 4 nitrogen and oxygen atoms in total. The summed E-state index contributed by atoms with van der Waals surface area (Å²) in [4.78, 5) is 15.2. The molecule has 0 spiro atoms. The summed E-state index contributed by atoms with van der Waals surface area (Å²) >= 11 is 0. The monoisotopic (exact) mass is 204 g/mol. The molecule has 0 atom stereocenters. The number of hydrogen-bond donors (Lipinski definition) is 0. The van der Waals surface area contributed by atoms with Crippen LogP contribution in [0.5, 0.6) is 0 Å². The molecule has 0 unspecified atom stereocenters. The quantitative estimate of drug-likeness (QED) is 0.710. The third kappa shape index (κ3) is 1.98. The maximum atomic E-state index is 11.0. The lowest BCUT2D eigenvalue weighted by molar-refractivity contribution is -0.140. The molecule has 0 amide bonds. The predicted molar refractivity (Wildman–Crippen MR) is 55.5 cm³/mol. The number of methoxy groups -OCH3 is 1. The number of ether oxygens (including phenoxy) is 1. The molecule has 0 aliphatic carbocycles. The van der Waals surface area contributed by atoms with E-state index < -0.39 is 0 Å². The van der Waals surface area contributed by atoms with E-state index in [1.54, 1.807) is 6.20 Å². The van der Waals surface area contributed by atoms with Crippen molar-refractivity contribution in [1.29, 1.82) is 0 Å². The van der Waals surface area contributed by atoms with Crippen LogP contribution in [0.25, 0.3) is 5.52 Å². The van der Waals surface area contributed by atoms with Crippen LogP contribution in [-0.2, 0) is 16.0 Å². The largest absolute Gasteiger partial charge is 0.469 e. The standard InChI is InChI=1S/C11H12N2O2/c1-15-11(14)6-5-10-12-8-9-4-2-3-7-13(9)10/h2-4,7-8H,5-6H2,1H3. The Morgan fingerprint density at radius 2 is 2.40 bits per heavy atom. The Morgan fingerprint density at radius 1 is 1.53 bits per heavy atom. The molecule has 0 saturated heterocycles. The summed E-state index contributed by atoms with van der Waals surface area (Å²) in [5, 5.41) is 0. The number of nitrogens with zero attached hydrogens (tertiary/aromatic N) is 2. The van der Waals surface area contributed by atoms with Gasteiger partial charge in [-0.3, -0.25) is 4.79 Å². The average molecular weight is 204 g/mol. The molecule has 0 fully saturated rings. The van der Waals surface area contributed by atoms with Crippen molar-refractivity contribution in [3.05, 3.63) is 36.4 Å². The lowest BCUT2D eigenvalue weighted by atomic mass is 10.3. The number of carbonyl (C=O) groups is 1. The minimum atomic E-state index is -0.206. The maximum absolute atomic E-state index is 11.0. The normalized spacial score (nSPS) is 10.5. The van der Waals surface area contributed by atoms with Gasteiger partial charge in [-0.1, -0.05) is 6.07 Å². The molecule has 0 aromatic carbocycles. The minimum absolute atomic E-state index is 0.206. The van der Waals surface area contributed by atoms with Gasteiger partial charge in [0.15, 0.2) is 0 Å². The van der Waals surface area contributed by atoms with Gasteiger partial charge in [-0.25, -0.2) is 4.98 Å². The fourth-order valence-corrected chi connectivity index (χ4v) is 1.50. The first kappa shape index (κ1) is 9.71. The van der Waals surface area contributed by atoms with Crippen molar-refractivity contribution in [2.45, 2.75) is 12.8 Å². The number of carbonyl (C=O) groups excluding carboxylic acids is 1. The maximum Gasteiger partial charge on any atom is 0.305 e. The number of pyridine rings is 1. The van der Waals surface area contributed by atoms with Crippen LogP contribution < -0.4 is 0 Å². The van der Waals surface area contributed by atoms with Crippen LogP contribution in [0.2, 0.25) is 0 Å². The molecular formula is C11H12N2O2. The first-order valence-corrected chi connectivity index (χ1v) is 4.79. The van der Waals surface area contributed by atoms with E-state index in [1.165, 1.54) is 7.11 Å². The lowest BCUT2D eigenvalue weighted by Gasteiger charge is -2.00. The highest BCUT2D eigenvalue weighted by molar-refractivity contribution is 5.69. The summed E-state index contributed by atoms with van der Waals surface area (Å²) in [5.41, 5.74) is 1.04. The highest BCUT2D eigenvalue weighted by atomic mass is 16.5. The molecule has 0 radical (unpaired) electrons. The summed E-state index contributed by atoms with van der Waals surface area (Å²) in [7, 11) is 1.39. The second-order valence-electron chi connectivity index (χ2n) is 3.25. The SMILES string of the molecule is COC(=O)CCc1ncc2ccccn12. The fourth-order valence-electron chi connectivity index (χ4n) is 1.50. The van der Waals surface area contributed by atoms with Crippen LogP contribution in [0.4, 0.5) is 0 Å². The van der Waals surface area contributed by atoms with Crippen molar-refractivity contribution in [3.63, 3.8) is 0 Å². The second kappa shape index (κ2) is 4.13. The minimum Gasteiger partial charge on any atom is -0.469 e. The number of hydrogen-bond acceptors (Lipinski definition) is 3. The summed E-state index contributed by atoms with van der Waals surface area (Å²) in [6.45, 7) is 0. The molecule has 2 aromatic rings. The Labute approximate surface area is 87.5 Å². The Morgan fingerprint density at radius 3 is 3.20 bits per heavy atom. The van der Waals surface area contributed by atoms with Gasteiger partial charge in [-0.2, -0.15) is 0 Å². The number of rotatable bonds is 3. The predicted octanol–water partition coefficient (Wildman–Crippen LogP) is 1.44. The van der Waals surface area contributed by atoms with Crippen molar-refractivity contribution >= 4 is 11.5 Å². The number of fused-ring (bicyclic) bond motifs is 1. The molecule has 0 saturated carbocycles. The molecule has 2 rings (SSSR count). The Kier molecular flexibility index (Phi) is 2.67. The first-order valence-electron chi connectivity index (χ1n) is 4.79. The van der Waals surface area contributed by atoms with E-state index in [9.17, 15) is 4.79 Å². The van der Waals surface area contributed by atoms with Gasteiger partial charge >= 0.3 is 5.97 Å². The van der Waals surface area contributed by atoms with Gasteiger partial charge in [0.05, 0.1) is 25.2 Å². The highest BCUT2D eigenvalue weighted by Gasteiger charge is 2.06. The van der Waals surface area contributed by atoms with E-state index >= 15 is 0 Å². The van der Waals surface area contributed by atoms with E-state index in [4.69, 9.17) is 0 Å². The van der Waals surface area contributed by atoms with E-state index in [2.05, 4.69) is 9.72 Å². The van der Waals surface area contributed by atoms with Crippen LogP contribution >= 0.6 is 0 Å². The average Bonchev–Trinajstić information content (AvgIpc) is 2.69. The Hall–Kier alpha value is -1.84. The van der Waals surface area contributed by atoms with Gasteiger partial charge in [-0.15, -0.1) is 0 Å². The van der Waals surface area contributed by atoms with Crippen molar-refractivity contribution in [3.8, 4) is 0 Å². The lowest BCUT2D eigenvalue weighted by Crippen LogP contribution is -2.04. The van der Waals surface area contributed by atoms with E-state index in [1.807, 2.05) is 28.8 Å². The molecule has 15 heavy (non-hydrogen) atoms. The van der Waals surface area contributed by atoms with Crippen molar-refractivity contribution < 1.29 is 9.53 Å². The third-order valence-electron chi connectivity index (χ3n) is 2.30. The van der Waals surface area contributed by atoms with Gasteiger partial charge in [0, 0.05) is 12.6 Å². The van der Waals surface area contributed by atoms with Gasteiger partial charge < -0.3 is 9.14 Å². The second-order valence-corrected chi connectivity index (χ2v) is 3.25. The number of aryl methyl sites for hydroxylation is 1. The molecule has 0 aliphatic heterocycles. The molecule has 4 heteroatoms. The zero-order chi connectivity index (χ0) is 10.7. The third-order valence-corrected chi connectivity index (χ3v) is 2.30. The van der Waals surface area contributed by atoms with Crippen LogP contribution in [0.15, 0.2) is 30.6 Å². The molecule has 0 N–H and O–H groups in total. The van der Waals surface area contributed by atoms with Crippen LogP contribution in [0.3, 0.4) is 0 Å². The fraction of sp³-hybridized carbons (Fsp3) is 0.273. The summed E-state index contributed by atoms with van der Waals surface area (Å²) in [6.07, 6.45) is 4.71. The van der Waals surface area contributed by atoms with Crippen LogP contribution in [0.1, 0.15) is 12.2 Å². The molecule has 78 valence electrons. The van der Waals surface area contributed by atoms with Gasteiger partial charge in [0.1, 0.15) is 5.82 Å². The topological polar surface area (TPSA) is 43.6 Å². The van der Waals surface area contributed by atoms with Crippen LogP contribution in [0, 0.1) is 0 Å². The van der Waals surface area contributed by atoms with Gasteiger partial charge in [-0.05, 0) is 12.1 Å². The van der Waals surface area contributed by atoms with Gasteiger partial charge in [0.25, 0.3) is 0 Å². The molecule has 0 aliphatic rings. The van der Waals surface area contributed by atoms with Crippen molar-refractivity contribution in [2.24, 2.45) is 0 Å². The zero-order valence-electron chi connectivity index (χ0n) is 8.51.